The number of nitrogens with zero attached hydrogens (tertiary/aromatic N) is 5. The predicted molar refractivity (Wildman–Crippen MR) is 114 cm³/mol. The van der Waals surface area contributed by atoms with Gasteiger partial charge < -0.3 is 4.90 Å². The lowest BCUT2D eigenvalue weighted by Crippen LogP contribution is -2.31. The molecule has 6 nitrogen and oxygen atoms in total. The molecule has 6 heteroatoms. The second-order valence-corrected chi connectivity index (χ2v) is 7.62. The first-order chi connectivity index (χ1) is 14.0. The SMILES string of the molecule is CC1=C(c2ccc(CC(=O)c3ccccc3C)cc2)CN(c2nnn(C)n2)CC1. The van der Waals surface area contributed by atoms with Crippen LogP contribution >= 0.6 is 0 Å². The number of anilines is 1. The van der Waals surface area contributed by atoms with Crippen LogP contribution in [0.15, 0.2) is 54.1 Å². The van der Waals surface area contributed by atoms with Crippen LogP contribution in [0.4, 0.5) is 5.95 Å². The van der Waals surface area contributed by atoms with Gasteiger partial charge in [0.2, 0.25) is 0 Å². The smallest absolute Gasteiger partial charge is 0.266 e. The van der Waals surface area contributed by atoms with E-state index in [1.54, 1.807) is 7.05 Å². The first kappa shape index (κ1) is 19.1. The molecule has 0 fully saturated rings. The van der Waals surface area contributed by atoms with Crippen molar-refractivity contribution in [3.8, 4) is 0 Å². The van der Waals surface area contributed by atoms with Gasteiger partial charge in [0.1, 0.15) is 0 Å². The zero-order valence-corrected chi connectivity index (χ0v) is 17.1. The number of aromatic nitrogens is 4. The summed E-state index contributed by atoms with van der Waals surface area (Å²) in [5, 5.41) is 12.4. The van der Waals surface area contributed by atoms with E-state index in [0.717, 1.165) is 36.2 Å². The summed E-state index contributed by atoms with van der Waals surface area (Å²) in [5.74, 6) is 0.821. The Morgan fingerprint density at radius 1 is 1.07 bits per heavy atom. The molecule has 3 aromatic rings. The molecule has 0 bridgehead atoms. The summed E-state index contributed by atoms with van der Waals surface area (Å²) in [6, 6.07) is 16.1. The van der Waals surface area contributed by atoms with Crippen LogP contribution in [0.3, 0.4) is 0 Å². The van der Waals surface area contributed by atoms with E-state index < -0.39 is 0 Å². The van der Waals surface area contributed by atoms with Gasteiger partial charge in [-0.25, -0.2) is 0 Å². The molecule has 1 aliphatic rings. The number of Topliss-reactive ketones (excluding diaryl/α,β-unsaturated/α-hetero) is 1. The molecule has 0 aliphatic carbocycles. The Morgan fingerprint density at radius 3 is 2.52 bits per heavy atom. The fourth-order valence-corrected chi connectivity index (χ4v) is 3.76. The average molecular weight is 387 g/mol. The van der Waals surface area contributed by atoms with Crippen LogP contribution in [0.5, 0.6) is 0 Å². The fourth-order valence-electron chi connectivity index (χ4n) is 3.76. The van der Waals surface area contributed by atoms with Crippen molar-refractivity contribution in [1.29, 1.82) is 0 Å². The Balaban J connectivity index is 1.49. The standard InChI is InChI=1S/C23H25N5O/c1-16-6-4-5-7-20(16)22(29)14-18-8-10-19(11-9-18)21-15-28(13-12-17(21)2)23-24-26-27(3)25-23/h4-11H,12-15H2,1-3H3. The third-order valence-corrected chi connectivity index (χ3v) is 5.51. The number of rotatable bonds is 5. The number of benzene rings is 2. The maximum absolute atomic E-state index is 12.6. The van der Waals surface area contributed by atoms with Crippen molar-refractivity contribution in [2.45, 2.75) is 26.7 Å². The van der Waals surface area contributed by atoms with Gasteiger partial charge in [0.25, 0.3) is 5.95 Å². The molecular weight excluding hydrogens is 362 g/mol. The lowest BCUT2D eigenvalue weighted by Gasteiger charge is -2.29. The van der Waals surface area contributed by atoms with E-state index in [9.17, 15) is 4.79 Å². The molecule has 0 saturated heterocycles. The minimum Gasteiger partial charge on any atom is -0.334 e. The van der Waals surface area contributed by atoms with E-state index in [1.807, 2.05) is 31.2 Å². The number of aryl methyl sites for hydroxylation is 2. The molecule has 2 heterocycles. The fraction of sp³-hybridized carbons (Fsp3) is 0.304. The first-order valence-electron chi connectivity index (χ1n) is 9.87. The summed E-state index contributed by atoms with van der Waals surface area (Å²) >= 11 is 0. The van der Waals surface area contributed by atoms with E-state index in [2.05, 4.69) is 51.5 Å². The van der Waals surface area contributed by atoms with Gasteiger partial charge >= 0.3 is 0 Å². The Hall–Kier alpha value is -3.28. The second-order valence-electron chi connectivity index (χ2n) is 7.62. The number of tetrazole rings is 1. The zero-order chi connectivity index (χ0) is 20.4. The summed E-state index contributed by atoms with van der Waals surface area (Å²) in [7, 11) is 1.78. The van der Waals surface area contributed by atoms with Crippen molar-refractivity contribution in [1.82, 2.24) is 20.2 Å². The molecule has 1 aromatic heterocycles. The van der Waals surface area contributed by atoms with Gasteiger partial charge in [0.15, 0.2) is 5.78 Å². The molecule has 0 atom stereocenters. The third-order valence-electron chi connectivity index (χ3n) is 5.51. The van der Waals surface area contributed by atoms with E-state index >= 15 is 0 Å². The van der Waals surface area contributed by atoms with Crippen molar-refractivity contribution in [2.75, 3.05) is 18.0 Å². The van der Waals surface area contributed by atoms with Crippen LogP contribution in [0, 0.1) is 6.92 Å². The van der Waals surface area contributed by atoms with E-state index in [-0.39, 0.29) is 5.78 Å². The van der Waals surface area contributed by atoms with E-state index in [0.29, 0.717) is 12.4 Å². The van der Waals surface area contributed by atoms with Crippen LogP contribution in [-0.4, -0.2) is 39.1 Å². The van der Waals surface area contributed by atoms with Gasteiger partial charge in [0, 0.05) is 25.1 Å². The van der Waals surface area contributed by atoms with Crippen molar-refractivity contribution in [2.24, 2.45) is 7.05 Å². The molecule has 2 aromatic carbocycles. The van der Waals surface area contributed by atoms with Crippen LogP contribution < -0.4 is 4.90 Å². The molecule has 0 radical (unpaired) electrons. The van der Waals surface area contributed by atoms with Gasteiger partial charge in [-0.3, -0.25) is 4.79 Å². The molecule has 0 saturated carbocycles. The highest BCUT2D eigenvalue weighted by atomic mass is 16.1. The van der Waals surface area contributed by atoms with Crippen LogP contribution in [0.1, 0.15) is 40.4 Å². The predicted octanol–water partition coefficient (Wildman–Crippen LogP) is 3.63. The summed E-state index contributed by atoms with van der Waals surface area (Å²) < 4.78 is 0. The molecule has 0 N–H and O–H groups in total. The first-order valence-corrected chi connectivity index (χ1v) is 9.87. The number of carbonyl (C=O) groups is 1. The Morgan fingerprint density at radius 2 is 1.83 bits per heavy atom. The van der Waals surface area contributed by atoms with E-state index in [1.165, 1.54) is 21.5 Å². The minimum absolute atomic E-state index is 0.156. The molecule has 0 amide bonds. The Kier molecular flexibility index (Phi) is 5.25. The number of hydrogen-bond acceptors (Lipinski definition) is 5. The maximum atomic E-state index is 12.6. The minimum atomic E-state index is 0.156. The number of carbonyl (C=O) groups excluding carboxylic acids is 1. The monoisotopic (exact) mass is 387 g/mol. The molecular formula is C23H25N5O. The van der Waals surface area contributed by atoms with Crippen LogP contribution in [-0.2, 0) is 13.5 Å². The maximum Gasteiger partial charge on any atom is 0.266 e. The summed E-state index contributed by atoms with van der Waals surface area (Å²) in [5.41, 5.74) is 6.71. The lowest BCUT2D eigenvalue weighted by atomic mass is 9.93. The van der Waals surface area contributed by atoms with Crippen LogP contribution in [0.25, 0.3) is 5.57 Å². The number of hydrogen-bond donors (Lipinski definition) is 0. The quantitative estimate of drug-likeness (QED) is 0.626. The normalized spacial score (nSPS) is 14.4. The van der Waals surface area contributed by atoms with Gasteiger partial charge in [0.05, 0.1) is 7.05 Å². The Labute approximate surface area is 170 Å². The highest BCUT2D eigenvalue weighted by Gasteiger charge is 2.21. The Bertz CT molecular complexity index is 1060. The molecule has 1 aliphatic heterocycles. The average Bonchev–Trinajstić information content (AvgIpc) is 3.16. The summed E-state index contributed by atoms with van der Waals surface area (Å²) in [4.78, 5) is 16.3. The topological polar surface area (TPSA) is 63.9 Å². The largest absolute Gasteiger partial charge is 0.334 e. The summed E-state index contributed by atoms with van der Waals surface area (Å²) in [6.45, 7) is 5.82. The van der Waals surface area contributed by atoms with Gasteiger partial charge in [-0.2, -0.15) is 4.80 Å². The van der Waals surface area contributed by atoms with Crippen molar-refractivity contribution >= 4 is 17.3 Å². The van der Waals surface area contributed by atoms with Crippen molar-refractivity contribution < 1.29 is 4.79 Å². The third kappa shape index (κ3) is 4.11. The second kappa shape index (κ2) is 7.99. The van der Waals surface area contributed by atoms with Crippen molar-refractivity contribution in [3.05, 3.63) is 76.4 Å². The molecule has 0 unspecified atom stereocenters. The lowest BCUT2D eigenvalue weighted by molar-refractivity contribution is 0.0992. The number of ketones is 1. The molecule has 0 spiro atoms. The highest BCUT2D eigenvalue weighted by molar-refractivity contribution is 5.98. The van der Waals surface area contributed by atoms with Gasteiger partial charge in [-0.1, -0.05) is 59.2 Å². The summed E-state index contributed by atoms with van der Waals surface area (Å²) in [6.07, 6.45) is 1.39. The molecule has 29 heavy (non-hydrogen) atoms. The molecule has 148 valence electrons. The molecule has 4 rings (SSSR count). The van der Waals surface area contributed by atoms with Gasteiger partial charge in [-0.05, 0) is 47.7 Å². The van der Waals surface area contributed by atoms with Crippen molar-refractivity contribution in [3.63, 3.8) is 0 Å². The highest BCUT2D eigenvalue weighted by Crippen LogP contribution is 2.28. The van der Waals surface area contributed by atoms with Crippen LogP contribution in [0.2, 0.25) is 0 Å². The van der Waals surface area contributed by atoms with E-state index in [4.69, 9.17) is 0 Å². The van der Waals surface area contributed by atoms with Gasteiger partial charge in [-0.15, -0.1) is 5.10 Å². The zero-order valence-electron chi connectivity index (χ0n) is 17.1.